The molecule has 1 aliphatic heterocycles. The molecular formula is C22H24FN3O2. The summed E-state index contributed by atoms with van der Waals surface area (Å²) in [6.07, 6.45) is 8.91. The molecule has 0 bridgehead atoms. The van der Waals surface area contributed by atoms with Crippen LogP contribution in [0.25, 0.3) is 0 Å². The average molecular weight is 381 g/mol. The lowest BCUT2D eigenvalue weighted by molar-refractivity contribution is 0.0634. The Morgan fingerprint density at radius 2 is 2.14 bits per heavy atom. The lowest BCUT2D eigenvalue weighted by atomic mass is 9.91. The Morgan fingerprint density at radius 3 is 2.96 bits per heavy atom. The monoisotopic (exact) mass is 381 g/mol. The number of benzene rings is 1. The van der Waals surface area contributed by atoms with Gasteiger partial charge in [0.2, 0.25) is 0 Å². The molecule has 1 fully saturated rings. The van der Waals surface area contributed by atoms with E-state index in [1.165, 1.54) is 6.07 Å². The van der Waals surface area contributed by atoms with Gasteiger partial charge in [-0.15, -0.1) is 0 Å². The minimum absolute atomic E-state index is 0.0625. The number of rotatable bonds is 6. The third-order valence-corrected chi connectivity index (χ3v) is 5.36. The van der Waals surface area contributed by atoms with Crippen LogP contribution in [0.15, 0.2) is 59.5 Å². The summed E-state index contributed by atoms with van der Waals surface area (Å²) >= 11 is 0. The lowest BCUT2D eigenvalue weighted by Crippen LogP contribution is -2.39. The van der Waals surface area contributed by atoms with E-state index in [1.54, 1.807) is 24.7 Å². The highest BCUT2D eigenvalue weighted by atomic mass is 19.1. The Morgan fingerprint density at radius 1 is 1.25 bits per heavy atom. The van der Waals surface area contributed by atoms with Crippen molar-refractivity contribution >= 4 is 5.91 Å². The molecule has 1 amide bonds. The van der Waals surface area contributed by atoms with Gasteiger partial charge in [-0.3, -0.25) is 4.79 Å². The molecule has 1 aliphatic rings. The van der Waals surface area contributed by atoms with E-state index in [0.29, 0.717) is 31.2 Å². The number of carbonyl (C=O) groups is 1. The molecule has 28 heavy (non-hydrogen) atoms. The third-order valence-electron chi connectivity index (χ3n) is 5.36. The number of amides is 1. The topological polar surface area (TPSA) is 51.3 Å². The molecule has 0 aliphatic carbocycles. The van der Waals surface area contributed by atoms with Crippen LogP contribution in [-0.2, 0) is 13.0 Å². The summed E-state index contributed by atoms with van der Waals surface area (Å²) in [7, 11) is 0. The molecule has 2 aromatic heterocycles. The zero-order valence-electron chi connectivity index (χ0n) is 15.8. The summed E-state index contributed by atoms with van der Waals surface area (Å²) in [4.78, 5) is 18.7. The zero-order valence-corrected chi connectivity index (χ0v) is 15.8. The maximum atomic E-state index is 13.8. The molecule has 1 aromatic carbocycles. The first-order valence-electron chi connectivity index (χ1n) is 9.76. The molecule has 4 rings (SSSR count). The normalized spacial score (nSPS) is 17.0. The smallest absolute Gasteiger partial charge is 0.289 e. The van der Waals surface area contributed by atoms with Gasteiger partial charge in [-0.25, -0.2) is 9.37 Å². The number of halogens is 1. The number of aromatic nitrogens is 2. The molecule has 1 atom stereocenters. The van der Waals surface area contributed by atoms with Crippen molar-refractivity contribution in [3.8, 4) is 0 Å². The van der Waals surface area contributed by atoms with Crippen LogP contribution < -0.4 is 0 Å². The summed E-state index contributed by atoms with van der Waals surface area (Å²) in [5.74, 6) is 1.29. The maximum Gasteiger partial charge on any atom is 0.289 e. The van der Waals surface area contributed by atoms with Crippen molar-refractivity contribution in [2.75, 3.05) is 13.1 Å². The number of imidazole rings is 1. The average Bonchev–Trinajstić information content (AvgIpc) is 3.40. The van der Waals surface area contributed by atoms with Crippen molar-refractivity contribution in [2.24, 2.45) is 5.92 Å². The van der Waals surface area contributed by atoms with Gasteiger partial charge in [0.15, 0.2) is 5.76 Å². The Kier molecular flexibility index (Phi) is 5.55. The van der Waals surface area contributed by atoms with Gasteiger partial charge in [-0.1, -0.05) is 18.2 Å². The SMILES string of the molecule is O=C(c1ccc(Cn2ccnc2)o1)N1CCC[C@@H](CCc2ccccc2F)C1. The zero-order chi connectivity index (χ0) is 19.3. The molecule has 0 unspecified atom stereocenters. The van der Waals surface area contributed by atoms with Crippen molar-refractivity contribution in [1.82, 2.24) is 14.5 Å². The second kappa shape index (κ2) is 8.42. The number of furan rings is 1. The Labute approximate surface area is 163 Å². The van der Waals surface area contributed by atoms with Crippen LogP contribution in [0, 0.1) is 11.7 Å². The molecule has 6 heteroatoms. The van der Waals surface area contributed by atoms with Crippen LogP contribution in [-0.4, -0.2) is 33.4 Å². The first-order chi connectivity index (χ1) is 13.7. The largest absolute Gasteiger partial charge is 0.454 e. The van der Waals surface area contributed by atoms with Crippen LogP contribution in [0.3, 0.4) is 0 Å². The predicted molar refractivity (Wildman–Crippen MR) is 103 cm³/mol. The van der Waals surface area contributed by atoms with Gasteiger partial charge >= 0.3 is 0 Å². The molecule has 0 N–H and O–H groups in total. The molecule has 1 saturated heterocycles. The van der Waals surface area contributed by atoms with Crippen molar-refractivity contribution in [3.63, 3.8) is 0 Å². The summed E-state index contributed by atoms with van der Waals surface area (Å²) < 4.78 is 21.5. The lowest BCUT2D eigenvalue weighted by Gasteiger charge is -2.32. The number of nitrogens with zero attached hydrogens (tertiary/aromatic N) is 3. The Hall–Kier alpha value is -2.89. The minimum Gasteiger partial charge on any atom is -0.454 e. The van der Waals surface area contributed by atoms with Crippen LogP contribution in [0.4, 0.5) is 4.39 Å². The van der Waals surface area contributed by atoms with Crippen molar-refractivity contribution in [2.45, 2.75) is 32.2 Å². The Bertz CT molecular complexity index is 920. The van der Waals surface area contributed by atoms with E-state index in [2.05, 4.69) is 4.98 Å². The summed E-state index contributed by atoms with van der Waals surface area (Å²) in [6, 6.07) is 10.5. The van der Waals surface area contributed by atoms with E-state index in [-0.39, 0.29) is 11.7 Å². The van der Waals surface area contributed by atoms with Gasteiger partial charge in [-0.2, -0.15) is 0 Å². The summed E-state index contributed by atoms with van der Waals surface area (Å²) in [5.41, 5.74) is 0.751. The molecule has 5 nitrogen and oxygen atoms in total. The van der Waals surface area contributed by atoms with Gasteiger partial charge in [0, 0.05) is 25.5 Å². The number of likely N-dealkylation sites (tertiary alicyclic amines) is 1. The van der Waals surface area contributed by atoms with E-state index in [1.807, 2.05) is 33.9 Å². The first-order valence-corrected chi connectivity index (χ1v) is 9.76. The fourth-order valence-electron chi connectivity index (χ4n) is 3.84. The Balaban J connectivity index is 1.34. The van der Waals surface area contributed by atoms with E-state index >= 15 is 0 Å². The molecule has 0 radical (unpaired) electrons. The van der Waals surface area contributed by atoms with Crippen LogP contribution >= 0.6 is 0 Å². The highest BCUT2D eigenvalue weighted by molar-refractivity contribution is 5.91. The molecular weight excluding hydrogens is 357 g/mol. The first kappa shape index (κ1) is 18.5. The van der Waals surface area contributed by atoms with E-state index in [9.17, 15) is 9.18 Å². The maximum absolute atomic E-state index is 13.8. The van der Waals surface area contributed by atoms with Gasteiger partial charge in [-0.05, 0) is 55.4 Å². The molecule has 0 spiro atoms. The summed E-state index contributed by atoms with van der Waals surface area (Å²) in [5, 5.41) is 0. The van der Waals surface area contributed by atoms with Crippen LogP contribution in [0.1, 0.15) is 41.1 Å². The number of piperidine rings is 1. The number of aryl methyl sites for hydroxylation is 1. The standard InChI is InChI=1S/C22H24FN3O2/c23-20-6-2-1-5-18(20)8-7-17-4-3-12-26(14-17)22(27)21-10-9-19(28-21)15-25-13-11-24-16-25/h1-2,5-6,9-11,13,16-17H,3-4,7-8,12,14-15H2/t17-/m0/s1. The van der Waals surface area contributed by atoms with Gasteiger partial charge < -0.3 is 13.9 Å². The van der Waals surface area contributed by atoms with Gasteiger partial charge in [0.25, 0.3) is 5.91 Å². The van der Waals surface area contributed by atoms with Crippen molar-refractivity contribution in [1.29, 1.82) is 0 Å². The van der Waals surface area contributed by atoms with Crippen LogP contribution in [0.2, 0.25) is 0 Å². The van der Waals surface area contributed by atoms with Gasteiger partial charge in [0.1, 0.15) is 11.6 Å². The minimum atomic E-state index is -0.146. The fraction of sp³-hybridized carbons (Fsp3) is 0.364. The number of carbonyl (C=O) groups excluding carboxylic acids is 1. The fourth-order valence-corrected chi connectivity index (χ4v) is 3.84. The molecule has 146 valence electrons. The van der Waals surface area contributed by atoms with Crippen molar-refractivity contribution in [3.05, 3.63) is 78.0 Å². The van der Waals surface area contributed by atoms with Crippen LogP contribution in [0.5, 0.6) is 0 Å². The highest BCUT2D eigenvalue weighted by Gasteiger charge is 2.26. The predicted octanol–water partition coefficient (Wildman–Crippen LogP) is 4.15. The second-order valence-corrected chi connectivity index (χ2v) is 7.39. The van der Waals surface area contributed by atoms with E-state index in [4.69, 9.17) is 4.42 Å². The summed E-state index contributed by atoms with van der Waals surface area (Å²) in [6.45, 7) is 2.00. The second-order valence-electron chi connectivity index (χ2n) is 7.39. The van der Waals surface area contributed by atoms with Crippen molar-refractivity contribution < 1.29 is 13.6 Å². The number of hydrogen-bond acceptors (Lipinski definition) is 3. The van der Waals surface area contributed by atoms with E-state index in [0.717, 1.165) is 37.1 Å². The molecule has 3 heterocycles. The van der Waals surface area contributed by atoms with Gasteiger partial charge in [0.05, 0.1) is 12.9 Å². The van der Waals surface area contributed by atoms with E-state index < -0.39 is 0 Å². The number of hydrogen-bond donors (Lipinski definition) is 0. The molecule has 3 aromatic rings. The molecule has 0 saturated carbocycles. The third kappa shape index (κ3) is 4.32. The quantitative estimate of drug-likeness (QED) is 0.645. The highest BCUT2D eigenvalue weighted by Crippen LogP contribution is 2.24.